The van der Waals surface area contributed by atoms with Crippen LogP contribution in [0.5, 0.6) is 0 Å². The second kappa shape index (κ2) is 5.94. The van der Waals surface area contributed by atoms with Crippen LogP contribution in [0.15, 0.2) is 30.3 Å². The number of rotatable bonds is 3. The van der Waals surface area contributed by atoms with Gasteiger partial charge in [-0.25, -0.2) is 8.78 Å². The van der Waals surface area contributed by atoms with Gasteiger partial charge < -0.3 is 4.90 Å². The van der Waals surface area contributed by atoms with Crippen molar-refractivity contribution in [1.29, 1.82) is 0 Å². The minimum Gasteiger partial charge on any atom is -0.321 e. The predicted octanol–water partition coefficient (Wildman–Crippen LogP) is 4.45. The van der Waals surface area contributed by atoms with Crippen LogP contribution in [0, 0.1) is 11.6 Å². The van der Waals surface area contributed by atoms with Crippen molar-refractivity contribution in [2.24, 2.45) is 0 Å². The van der Waals surface area contributed by atoms with Crippen LogP contribution in [0.3, 0.4) is 0 Å². The summed E-state index contributed by atoms with van der Waals surface area (Å²) in [7, 11) is 0. The first kappa shape index (κ1) is 14.8. The molecule has 21 heavy (non-hydrogen) atoms. The van der Waals surface area contributed by atoms with Crippen LogP contribution in [-0.4, -0.2) is 16.6 Å². The Bertz CT molecular complexity index is 691. The molecule has 1 aliphatic heterocycles. The molecule has 1 aromatic heterocycles. The van der Waals surface area contributed by atoms with E-state index in [4.69, 9.17) is 11.6 Å². The molecule has 0 spiro atoms. The van der Waals surface area contributed by atoms with Gasteiger partial charge in [0.15, 0.2) is 11.6 Å². The van der Waals surface area contributed by atoms with E-state index in [-0.39, 0.29) is 17.8 Å². The first-order valence-corrected chi connectivity index (χ1v) is 8.39. The van der Waals surface area contributed by atoms with Gasteiger partial charge in [0.1, 0.15) is 5.37 Å². The number of carbonyl (C=O) groups excluding carboxylic acids is 1. The fourth-order valence-electron chi connectivity index (χ4n) is 2.16. The number of hydrogen-bond donors (Lipinski definition) is 0. The van der Waals surface area contributed by atoms with Gasteiger partial charge in [0.05, 0.1) is 10.1 Å². The third-order valence-corrected chi connectivity index (χ3v) is 5.81. The number of carbonyl (C=O) groups is 1. The van der Waals surface area contributed by atoms with Gasteiger partial charge >= 0.3 is 0 Å². The minimum absolute atomic E-state index is 0.0146. The first-order chi connectivity index (χ1) is 10.0. The SMILES string of the molecule is O=C1CSC(c2ccc(Cl)s2)N1Cc1ccc(F)c(F)c1. The van der Waals surface area contributed by atoms with E-state index in [1.165, 1.54) is 29.2 Å². The molecule has 0 radical (unpaired) electrons. The predicted molar refractivity (Wildman–Crippen MR) is 81.4 cm³/mol. The highest BCUT2D eigenvalue weighted by Crippen LogP contribution is 2.43. The molecular formula is C14H10ClF2NOS2. The molecule has 1 fully saturated rings. The van der Waals surface area contributed by atoms with Crippen molar-refractivity contribution in [1.82, 2.24) is 4.90 Å². The largest absolute Gasteiger partial charge is 0.321 e. The smallest absolute Gasteiger partial charge is 0.234 e. The maximum absolute atomic E-state index is 13.3. The molecule has 0 aliphatic carbocycles. The molecule has 0 N–H and O–H groups in total. The Morgan fingerprint density at radius 3 is 2.71 bits per heavy atom. The van der Waals surface area contributed by atoms with E-state index in [0.29, 0.717) is 15.7 Å². The molecule has 0 bridgehead atoms. The highest BCUT2D eigenvalue weighted by atomic mass is 35.5. The second-order valence-electron chi connectivity index (χ2n) is 4.58. The van der Waals surface area contributed by atoms with E-state index in [2.05, 4.69) is 0 Å². The summed E-state index contributed by atoms with van der Waals surface area (Å²) in [6.45, 7) is 0.253. The summed E-state index contributed by atoms with van der Waals surface area (Å²) in [6, 6.07) is 7.38. The van der Waals surface area contributed by atoms with Gasteiger partial charge in [-0.05, 0) is 29.8 Å². The Hall–Kier alpha value is -1.11. The van der Waals surface area contributed by atoms with Crippen LogP contribution in [0.25, 0.3) is 0 Å². The van der Waals surface area contributed by atoms with Crippen molar-refractivity contribution >= 4 is 40.6 Å². The number of benzene rings is 1. The van der Waals surface area contributed by atoms with Gasteiger partial charge in [-0.1, -0.05) is 17.7 Å². The zero-order chi connectivity index (χ0) is 15.0. The van der Waals surface area contributed by atoms with Crippen LogP contribution in [0.4, 0.5) is 8.78 Å². The molecule has 1 saturated heterocycles. The number of amides is 1. The Balaban J connectivity index is 1.84. The van der Waals surface area contributed by atoms with Crippen LogP contribution < -0.4 is 0 Å². The highest BCUT2D eigenvalue weighted by Gasteiger charge is 2.33. The number of halogens is 3. The lowest BCUT2D eigenvalue weighted by molar-refractivity contribution is -0.128. The highest BCUT2D eigenvalue weighted by molar-refractivity contribution is 8.00. The van der Waals surface area contributed by atoms with E-state index in [0.717, 1.165) is 17.0 Å². The lowest BCUT2D eigenvalue weighted by atomic mass is 10.2. The molecule has 2 nitrogen and oxygen atoms in total. The monoisotopic (exact) mass is 345 g/mol. The van der Waals surface area contributed by atoms with Crippen molar-refractivity contribution in [3.8, 4) is 0 Å². The molecule has 2 aromatic rings. The van der Waals surface area contributed by atoms with Crippen molar-refractivity contribution in [2.75, 3.05) is 5.75 Å². The van der Waals surface area contributed by atoms with Crippen LogP contribution in [-0.2, 0) is 11.3 Å². The van der Waals surface area contributed by atoms with E-state index >= 15 is 0 Å². The Labute approximate surface area is 133 Å². The molecule has 2 heterocycles. The van der Waals surface area contributed by atoms with Crippen LogP contribution in [0.1, 0.15) is 15.8 Å². The van der Waals surface area contributed by atoms with Crippen LogP contribution >= 0.6 is 34.7 Å². The molecule has 0 saturated carbocycles. The summed E-state index contributed by atoms with van der Waals surface area (Å²) in [6.07, 6.45) is 0. The lowest BCUT2D eigenvalue weighted by Crippen LogP contribution is -2.27. The van der Waals surface area contributed by atoms with Gasteiger partial charge in [0.25, 0.3) is 0 Å². The summed E-state index contributed by atoms with van der Waals surface area (Å²) >= 11 is 8.87. The standard InChI is InChI=1S/C14H10ClF2NOS2/c15-12-4-3-11(21-12)14-18(13(19)7-20-14)6-8-1-2-9(16)10(17)5-8/h1-5,14H,6-7H2. The van der Waals surface area contributed by atoms with Crippen molar-refractivity contribution in [2.45, 2.75) is 11.9 Å². The van der Waals surface area contributed by atoms with Crippen molar-refractivity contribution in [3.05, 3.63) is 56.7 Å². The van der Waals surface area contributed by atoms with Gasteiger partial charge in [-0.2, -0.15) is 0 Å². The Kier molecular flexibility index (Phi) is 4.19. The third-order valence-electron chi connectivity index (χ3n) is 3.14. The average molecular weight is 346 g/mol. The summed E-state index contributed by atoms with van der Waals surface area (Å²) in [5.74, 6) is -1.42. The third kappa shape index (κ3) is 3.07. The second-order valence-corrected chi connectivity index (χ2v) is 7.39. The number of thioether (sulfide) groups is 1. The van der Waals surface area contributed by atoms with E-state index in [9.17, 15) is 13.6 Å². The summed E-state index contributed by atoms with van der Waals surface area (Å²) in [5.41, 5.74) is 0.567. The van der Waals surface area contributed by atoms with Crippen molar-refractivity contribution in [3.63, 3.8) is 0 Å². The molecular weight excluding hydrogens is 336 g/mol. The maximum atomic E-state index is 13.3. The molecule has 1 amide bonds. The topological polar surface area (TPSA) is 20.3 Å². The summed E-state index contributed by atoms with van der Waals surface area (Å²) < 4.78 is 26.9. The Morgan fingerprint density at radius 2 is 2.05 bits per heavy atom. The lowest BCUT2D eigenvalue weighted by Gasteiger charge is -2.23. The average Bonchev–Trinajstić information content (AvgIpc) is 3.02. The Morgan fingerprint density at radius 1 is 1.24 bits per heavy atom. The van der Waals surface area contributed by atoms with Gasteiger partial charge in [-0.3, -0.25) is 4.79 Å². The zero-order valence-electron chi connectivity index (χ0n) is 10.7. The van der Waals surface area contributed by atoms with Gasteiger partial charge in [0.2, 0.25) is 5.91 Å². The summed E-state index contributed by atoms with van der Waals surface area (Å²) in [4.78, 5) is 14.7. The molecule has 3 rings (SSSR count). The molecule has 1 aliphatic rings. The van der Waals surface area contributed by atoms with Gasteiger partial charge in [0, 0.05) is 11.4 Å². The molecule has 110 valence electrons. The van der Waals surface area contributed by atoms with Gasteiger partial charge in [-0.15, -0.1) is 23.1 Å². The van der Waals surface area contributed by atoms with E-state index < -0.39 is 11.6 Å². The number of thiophene rings is 1. The first-order valence-electron chi connectivity index (χ1n) is 6.15. The molecule has 7 heteroatoms. The number of nitrogens with zero attached hydrogens (tertiary/aromatic N) is 1. The van der Waals surface area contributed by atoms with E-state index in [1.807, 2.05) is 6.07 Å². The maximum Gasteiger partial charge on any atom is 0.234 e. The zero-order valence-corrected chi connectivity index (χ0v) is 13.1. The van der Waals surface area contributed by atoms with Crippen molar-refractivity contribution < 1.29 is 13.6 Å². The normalized spacial score (nSPS) is 18.5. The molecule has 1 aromatic carbocycles. The summed E-state index contributed by atoms with van der Waals surface area (Å²) in [5, 5.41) is -0.122. The molecule has 1 atom stereocenters. The fourth-order valence-corrected chi connectivity index (χ4v) is 4.64. The molecule has 1 unspecified atom stereocenters. The van der Waals surface area contributed by atoms with Crippen LogP contribution in [0.2, 0.25) is 4.34 Å². The number of hydrogen-bond acceptors (Lipinski definition) is 3. The quantitative estimate of drug-likeness (QED) is 0.819. The van der Waals surface area contributed by atoms with E-state index in [1.54, 1.807) is 11.0 Å². The minimum atomic E-state index is -0.900. The fraction of sp³-hybridized carbons (Fsp3) is 0.214.